The van der Waals surface area contributed by atoms with Crippen molar-refractivity contribution in [3.63, 3.8) is 0 Å². The minimum atomic E-state index is -0.147. The first kappa shape index (κ1) is 12.0. The second-order valence-electron chi connectivity index (χ2n) is 4.68. The lowest BCUT2D eigenvalue weighted by Gasteiger charge is -2.32. The summed E-state index contributed by atoms with van der Waals surface area (Å²) in [7, 11) is 0. The summed E-state index contributed by atoms with van der Waals surface area (Å²) in [6.45, 7) is 4.02. The largest absolute Gasteiger partial charge is 0.371 e. The van der Waals surface area contributed by atoms with E-state index in [1.807, 2.05) is 0 Å². The molecule has 92 valence electrons. The van der Waals surface area contributed by atoms with Gasteiger partial charge in [-0.3, -0.25) is 4.79 Å². The number of piperidine rings is 1. The maximum absolute atomic E-state index is 11.1. The van der Waals surface area contributed by atoms with E-state index in [-0.39, 0.29) is 11.8 Å². The molecular weight excluding hydrogens is 212 g/mol. The Morgan fingerprint density at radius 3 is 2.35 bits per heavy atom. The van der Waals surface area contributed by atoms with Crippen molar-refractivity contribution in [1.82, 2.24) is 0 Å². The normalized spacial score (nSPS) is 17.1. The topological polar surface area (TPSA) is 46.3 Å². The molecule has 3 heteroatoms. The number of rotatable bonds is 3. The third-order valence-corrected chi connectivity index (χ3v) is 3.61. The monoisotopic (exact) mass is 232 g/mol. The molecule has 1 heterocycles. The second-order valence-corrected chi connectivity index (χ2v) is 4.68. The van der Waals surface area contributed by atoms with E-state index in [0.29, 0.717) is 0 Å². The van der Waals surface area contributed by atoms with Gasteiger partial charge in [0.05, 0.1) is 0 Å². The summed E-state index contributed by atoms with van der Waals surface area (Å²) in [6.07, 6.45) is 2.83. The number of carbonyl (C=O) groups is 1. The van der Waals surface area contributed by atoms with Crippen LogP contribution in [0.4, 0.5) is 5.69 Å². The molecule has 0 radical (unpaired) electrons. The van der Waals surface area contributed by atoms with Crippen molar-refractivity contribution >= 4 is 11.6 Å². The molecule has 3 nitrogen and oxygen atoms in total. The van der Waals surface area contributed by atoms with Gasteiger partial charge >= 0.3 is 0 Å². The third kappa shape index (κ3) is 2.78. The van der Waals surface area contributed by atoms with E-state index in [2.05, 4.69) is 36.1 Å². The number of amides is 1. The number of hydrogen-bond donors (Lipinski definition) is 1. The van der Waals surface area contributed by atoms with Gasteiger partial charge in [-0.1, -0.05) is 19.1 Å². The number of primary amides is 1. The lowest BCUT2D eigenvalue weighted by atomic mass is 9.96. The molecule has 1 saturated heterocycles. The number of benzene rings is 1. The standard InChI is InChI=1S/C14H20N2O/c1-2-11-3-5-13(6-4-11)16-9-7-12(8-10-16)14(15)17/h3-6,12H,2,7-10H2,1H3,(H2,15,17). The molecular formula is C14H20N2O. The van der Waals surface area contributed by atoms with Gasteiger partial charge in [-0.15, -0.1) is 0 Å². The van der Waals surface area contributed by atoms with Crippen LogP contribution >= 0.6 is 0 Å². The van der Waals surface area contributed by atoms with Crippen molar-refractivity contribution < 1.29 is 4.79 Å². The SMILES string of the molecule is CCc1ccc(N2CCC(C(N)=O)CC2)cc1. The number of aryl methyl sites for hydroxylation is 1. The van der Waals surface area contributed by atoms with E-state index in [9.17, 15) is 4.79 Å². The summed E-state index contributed by atoms with van der Waals surface area (Å²) in [5, 5.41) is 0. The summed E-state index contributed by atoms with van der Waals surface area (Å²) < 4.78 is 0. The van der Waals surface area contributed by atoms with Gasteiger partial charge in [0.25, 0.3) is 0 Å². The van der Waals surface area contributed by atoms with Crippen LogP contribution in [-0.2, 0) is 11.2 Å². The van der Waals surface area contributed by atoms with Gasteiger partial charge in [0.15, 0.2) is 0 Å². The van der Waals surface area contributed by atoms with E-state index in [0.717, 1.165) is 32.4 Å². The van der Waals surface area contributed by atoms with E-state index in [4.69, 9.17) is 5.73 Å². The summed E-state index contributed by atoms with van der Waals surface area (Å²) >= 11 is 0. The Hall–Kier alpha value is -1.51. The van der Waals surface area contributed by atoms with E-state index in [1.165, 1.54) is 11.3 Å². The smallest absolute Gasteiger partial charge is 0.220 e. The van der Waals surface area contributed by atoms with Crippen molar-refractivity contribution in [1.29, 1.82) is 0 Å². The van der Waals surface area contributed by atoms with Crippen LogP contribution in [0.5, 0.6) is 0 Å². The number of hydrogen-bond acceptors (Lipinski definition) is 2. The Morgan fingerprint density at radius 2 is 1.88 bits per heavy atom. The molecule has 0 aliphatic carbocycles. The van der Waals surface area contributed by atoms with Crippen molar-refractivity contribution in [2.45, 2.75) is 26.2 Å². The average molecular weight is 232 g/mol. The van der Waals surface area contributed by atoms with E-state index < -0.39 is 0 Å². The lowest BCUT2D eigenvalue weighted by Crippen LogP contribution is -2.38. The quantitative estimate of drug-likeness (QED) is 0.865. The lowest BCUT2D eigenvalue weighted by molar-refractivity contribution is -0.122. The zero-order chi connectivity index (χ0) is 12.3. The summed E-state index contributed by atoms with van der Waals surface area (Å²) in [4.78, 5) is 13.4. The molecule has 0 spiro atoms. The van der Waals surface area contributed by atoms with Crippen molar-refractivity contribution in [2.75, 3.05) is 18.0 Å². The van der Waals surface area contributed by atoms with Crippen LogP contribution in [0.25, 0.3) is 0 Å². The maximum Gasteiger partial charge on any atom is 0.220 e. The first-order valence-corrected chi connectivity index (χ1v) is 6.34. The van der Waals surface area contributed by atoms with Gasteiger partial charge in [-0.05, 0) is 37.0 Å². The van der Waals surface area contributed by atoms with Gasteiger partial charge < -0.3 is 10.6 Å². The van der Waals surface area contributed by atoms with E-state index >= 15 is 0 Å². The molecule has 2 N–H and O–H groups in total. The Morgan fingerprint density at radius 1 is 1.29 bits per heavy atom. The molecule has 2 rings (SSSR count). The number of carbonyl (C=O) groups excluding carboxylic acids is 1. The molecule has 1 aliphatic heterocycles. The molecule has 0 saturated carbocycles. The summed E-state index contributed by atoms with van der Waals surface area (Å²) in [5.41, 5.74) is 7.95. The Labute approximate surface area is 103 Å². The van der Waals surface area contributed by atoms with Crippen LogP contribution < -0.4 is 10.6 Å². The minimum absolute atomic E-state index is 0.0705. The predicted molar refractivity (Wildman–Crippen MR) is 70.0 cm³/mol. The molecule has 1 aromatic rings. The Kier molecular flexibility index (Phi) is 3.67. The van der Waals surface area contributed by atoms with Gasteiger partial charge in [0.1, 0.15) is 0 Å². The zero-order valence-corrected chi connectivity index (χ0v) is 10.4. The molecule has 17 heavy (non-hydrogen) atoms. The van der Waals surface area contributed by atoms with Crippen LogP contribution in [0.2, 0.25) is 0 Å². The maximum atomic E-state index is 11.1. The first-order valence-electron chi connectivity index (χ1n) is 6.34. The molecule has 1 amide bonds. The fourth-order valence-electron chi connectivity index (χ4n) is 2.36. The third-order valence-electron chi connectivity index (χ3n) is 3.61. The molecule has 1 fully saturated rings. The Balaban J connectivity index is 1.97. The minimum Gasteiger partial charge on any atom is -0.371 e. The van der Waals surface area contributed by atoms with Gasteiger partial charge in [0, 0.05) is 24.7 Å². The highest BCUT2D eigenvalue weighted by Crippen LogP contribution is 2.23. The predicted octanol–water partition coefficient (Wildman–Crippen LogP) is 1.95. The first-order chi connectivity index (χ1) is 8.20. The van der Waals surface area contributed by atoms with Gasteiger partial charge in [-0.25, -0.2) is 0 Å². The average Bonchev–Trinajstić information content (AvgIpc) is 2.39. The molecule has 0 unspecified atom stereocenters. The highest BCUT2D eigenvalue weighted by atomic mass is 16.1. The summed E-state index contributed by atoms with van der Waals surface area (Å²) in [6, 6.07) is 8.69. The molecule has 0 bridgehead atoms. The number of anilines is 1. The van der Waals surface area contributed by atoms with Crippen molar-refractivity contribution in [3.05, 3.63) is 29.8 Å². The van der Waals surface area contributed by atoms with Crippen LogP contribution in [0.3, 0.4) is 0 Å². The number of nitrogens with two attached hydrogens (primary N) is 1. The highest BCUT2D eigenvalue weighted by molar-refractivity contribution is 5.77. The van der Waals surface area contributed by atoms with Gasteiger partial charge in [-0.2, -0.15) is 0 Å². The zero-order valence-electron chi connectivity index (χ0n) is 10.4. The Bertz CT molecular complexity index is 378. The van der Waals surface area contributed by atoms with Crippen LogP contribution in [-0.4, -0.2) is 19.0 Å². The molecule has 0 aromatic heterocycles. The van der Waals surface area contributed by atoms with Crippen molar-refractivity contribution in [3.8, 4) is 0 Å². The molecule has 1 aliphatic rings. The molecule has 1 aromatic carbocycles. The van der Waals surface area contributed by atoms with Crippen molar-refractivity contribution in [2.24, 2.45) is 11.7 Å². The van der Waals surface area contributed by atoms with Crippen LogP contribution in [0.1, 0.15) is 25.3 Å². The molecule has 0 atom stereocenters. The van der Waals surface area contributed by atoms with Gasteiger partial charge in [0.2, 0.25) is 5.91 Å². The number of nitrogens with zero attached hydrogens (tertiary/aromatic N) is 1. The summed E-state index contributed by atoms with van der Waals surface area (Å²) in [5.74, 6) is -0.0767. The second kappa shape index (κ2) is 5.21. The van der Waals surface area contributed by atoms with Crippen LogP contribution in [0.15, 0.2) is 24.3 Å². The van der Waals surface area contributed by atoms with E-state index in [1.54, 1.807) is 0 Å². The highest BCUT2D eigenvalue weighted by Gasteiger charge is 2.22. The fourth-order valence-corrected chi connectivity index (χ4v) is 2.36. The fraction of sp³-hybridized carbons (Fsp3) is 0.500. The van der Waals surface area contributed by atoms with Crippen LogP contribution in [0, 0.1) is 5.92 Å².